The van der Waals surface area contributed by atoms with E-state index in [1.807, 2.05) is 0 Å². The van der Waals surface area contributed by atoms with E-state index >= 15 is 0 Å². The van der Waals surface area contributed by atoms with E-state index in [4.69, 9.17) is 5.11 Å². The topological polar surface area (TPSA) is 74.7 Å². The zero-order valence-electron chi connectivity index (χ0n) is 11.4. The molecule has 0 aromatic heterocycles. The molecule has 6 heteroatoms. The minimum absolute atomic E-state index is 0.0936. The fourth-order valence-corrected chi connectivity index (χ4v) is 3.30. The molecule has 1 saturated heterocycles. The van der Waals surface area contributed by atoms with Crippen molar-refractivity contribution < 1.29 is 18.3 Å². The fraction of sp³-hybridized carbons (Fsp3) is 0.500. The molecule has 2 rings (SSSR count). The molecule has 0 amide bonds. The molecule has 20 heavy (non-hydrogen) atoms. The summed E-state index contributed by atoms with van der Waals surface area (Å²) in [6, 6.07) is 6.84. The molecule has 1 N–H and O–H groups in total. The summed E-state index contributed by atoms with van der Waals surface area (Å²) >= 11 is 0. The predicted molar refractivity (Wildman–Crippen MR) is 76.7 cm³/mol. The molecular formula is C14H19NO4S. The minimum Gasteiger partial charge on any atom is -0.481 e. The van der Waals surface area contributed by atoms with Gasteiger partial charge in [0.1, 0.15) is 0 Å². The van der Waals surface area contributed by atoms with Crippen molar-refractivity contribution in [2.75, 3.05) is 23.7 Å². The van der Waals surface area contributed by atoms with Gasteiger partial charge in [-0.1, -0.05) is 6.92 Å². The van der Waals surface area contributed by atoms with Crippen molar-refractivity contribution in [2.45, 2.75) is 24.7 Å². The molecule has 0 aliphatic carbocycles. The van der Waals surface area contributed by atoms with Crippen molar-refractivity contribution >= 4 is 21.5 Å². The second kappa shape index (κ2) is 5.83. The third-order valence-corrected chi connectivity index (χ3v) is 5.54. The molecule has 0 saturated carbocycles. The molecule has 0 radical (unpaired) electrons. The monoisotopic (exact) mass is 297 g/mol. The van der Waals surface area contributed by atoms with Gasteiger partial charge in [-0.2, -0.15) is 0 Å². The lowest BCUT2D eigenvalue weighted by molar-refractivity contribution is -0.142. The number of piperidine rings is 1. The van der Waals surface area contributed by atoms with Gasteiger partial charge in [0.05, 0.1) is 16.6 Å². The van der Waals surface area contributed by atoms with Crippen LogP contribution in [0.3, 0.4) is 0 Å². The van der Waals surface area contributed by atoms with Crippen LogP contribution in [0.1, 0.15) is 19.8 Å². The lowest BCUT2D eigenvalue weighted by atomic mass is 9.97. The maximum atomic E-state index is 11.7. The summed E-state index contributed by atoms with van der Waals surface area (Å²) in [5.41, 5.74) is 0.948. The Balaban J connectivity index is 2.07. The van der Waals surface area contributed by atoms with Crippen molar-refractivity contribution in [2.24, 2.45) is 5.92 Å². The van der Waals surface area contributed by atoms with Gasteiger partial charge in [-0.3, -0.25) is 4.79 Å². The van der Waals surface area contributed by atoms with Gasteiger partial charge < -0.3 is 10.0 Å². The van der Waals surface area contributed by atoms with Crippen LogP contribution < -0.4 is 4.90 Å². The molecule has 5 nitrogen and oxygen atoms in total. The maximum Gasteiger partial charge on any atom is 0.306 e. The molecule has 0 unspecified atom stereocenters. The smallest absolute Gasteiger partial charge is 0.306 e. The average molecular weight is 297 g/mol. The molecule has 1 aliphatic heterocycles. The Labute approximate surface area is 119 Å². The van der Waals surface area contributed by atoms with E-state index in [9.17, 15) is 13.2 Å². The summed E-state index contributed by atoms with van der Waals surface area (Å²) in [6.07, 6.45) is 1.26. The second-order valence-corrected chi connectivity index (χ2v) is 7.28. The standard InChI is InChI=1S/C14H19NO4S/c1-2-20(18,19)13-5-3-12(4-6-13)15-9-7-11(8-10-15)14(16)17/h3-6,11H,2,7-10H2,1H3,(H,16,17). The van der Waals surface area contributed by atoms with E-state index in [0.29, 0.717) is 30.8 Å². The number of sulfone groups is 1. The van der Waals surface area contributed by atoms with Gasteiger partial charge in [0, 0.05) is 18.8 Å². The van der Waals surface area contributed by atoms with Crippen LogP contribution in [-0.4, -0.2) is 38.3 Å². The Morgan fingerprint density at radius 3 is 2.25 bits per heavy atom. The number of anilines is 1. The van der Waals surface area contributed by atoms with Crippen LogP contribution >= 0.6 is 0 Å². The highest BCUT2D eigenvalue weighted by Crippen LogP contribution is 2.24. The fourth-order valence-electron chi connectivity index (χ4n) is 2.42. The third kappa shape index (κ3) is 3.12. The first-order valence-corrected chi connectivity index (χ1v) is 8.40. The first-order valence-electron chi connectivity index (χ1n) is 6.74. The molecule has 1 aromatic rings. The van der Waals surface area contributed by atoms with Crippen LogP contribution in [0.4, 0.5) is 5.69 Å². The van der Waals surface area contributed by atoms with Crippen molar-refractivity contribution in [1.29, 1.82) is 0 Å². The van der Waals surface area contributed by atoms with Crippen molar-refractivity contribution in [3.05, 3.63) is 24.3 Å². The summed E-state index contributed by atoms with van der Waals surface area (Å²) in [5, 5.41) is 8.96. The Morgan fingerprint density at radius 2 is 1.80 bits per heavy atom. The number of carboxylic acids is 1. The van der Waals surface area contributed by atoms with E-state index in [0.717, 1.165) is 5.69 Å². The summed E-state index contributed by atoms with van der Waals surface area (Å²) in [6.45, 7) is 3.01. The van der Waals surface area contributed by atoms with Gasteiger partial charge in [-0.15, -0.1) is 0 Å². The molecule has 1 fully saturated rings. The number of nitrogens with zero attached hydrogens (tertiary/aromatic N) is 1. The Bertz CT molecular complexity index is 572. The molecular weight excluding hydrogens is 278 g/mol. The highest BCUT2D eigenvalue weighted by atomic mass is 32.2. The second-order valence-electron chi connectivity index (χ2n) is 5.00. The quantitative estimate of drug-likeness (QED) is 0.917. The highest BCUT2D eigenvalue weighted by Gasteiger charge is 2.24. The van der Waals surface area contributed by atoms with Crippen molar-refractivity contribution in [1.82, 2.24) is 0 Å². The summed E-state index contributed by atoms with van der Waals surface area (Å²) in [4.78, 5) is 13.3. The molecule has 0 atom stereocenters. The van der Waals surface area contributed by atoms with Gasteiger partial charge in [0.2, 0.25) is 0 Å². The van der Waals surface area contributed by atoms with Crippen LogP contribution in [0.5, 0.6) is 0 Å². The molecule has 1 aliphatic rings. The Hall–Kier alpha value is -1.56. The third-order valence-electron chi connectivity index (χ3n) is 3.79. The number of hydrogen-bond donors (Lipinski definition) is 1. The van der Waals surface area contributed by atoms with Crippen LogP contribution in [0.15, 0.2) is 29.2 Å². The van der Waals surface area contributed by atoms with Crippen LogP contribution in [-0.2, 0) is 14.6 Å². The lowest BCUT2D eigenvalue weighted by Gasteiger charge is -2.32. The normalized spacial score (nSPS) is 17.1. The van der Waals surface area contributed by atoms with Gasteiger partial charge in [0.25, 0.3) is 0 Å². The van der Waals surface area contributed by atoms with Crippen LogP contribution in [0.25, 0.3) is 0 Å². The first-order chi connectivity index (χ1) is 9.44. The van der Waals surface area contributed by atoms with Gasteiger partial charge in [-0.25, -0.2) is 8.42 Å². The summed E-state index contributed by atoms with van der Waals surface area (Å²) < 4.78 is 23.5. The predicted octanol–water partition coefficient (Wildman–Crippen LogP) is 1.78. The first kappa shape index (κ1) is 14.8. The Kier molecular flexibility index (Phi) is 4.32. The number of hydrogen-bond acceptors (Lipinski definition) is 4. The zero-order chi connectivity index (χ0) is 14.8. The maximum absolute atomic E-state index is 11.7. The number of carbonyl (C=O) groups is 1. The van der Waals surface area contributed by atoms with E-state index in [1.165, 1.54) is 0 Å². The molecule has 1 aromatic carbocycles. The van der Waals surface area contributed by atoms with E-state index in [2.05, 4.69) is 4.90 Å². The van der Waals surface area contributed by atoms with E-state index in [1.54, 1.807) is 31.2 Å². The number of carboxylic acid groups (broad SMARTS) is 1. The number of rotatable bonds is 4. The summed E-state index contributed by atoms with van der Waals surface area (Å²) in [5.74, 6) is -0.892. The van der Waals surface area contributed by atoms with Gasteiger partial charge in [-0.05, 0) is 37.1 Å². The molecule has 1 heterocycles. The largest absolute Gasteiger partial charge is 0.481 e. The Morgan fingerprint density at radius 1 is 1.25 bits per heavy atom. The molecule has 0 spiro atoms. The van der Waals surface area contributed by atoms with Crippen LogP contribution in [0.2, 0.25) is 0 Å². The minimum atomic E-state index is -3.16. The van der Waals surface area contributed by atoms with E-state index in [-0.39, 0.29) is 11.7 Å². The number of aliphatic carboxylic acids is 1. The molecule has 0 bridgehead atoms. The average Bonchev–Trinajstić information content (AvgIpc) is 2.47. The van der Waals surface area contributed by atoms with Gasteiger partial charge >= 0.3 is 5.97 Å². The highest BCUT2D eigenvalue weighted by molar-refractivity contribution is 7.91. The SMILES string of the molecule is CCS(=O)(=O)c1ccc(N2CCC(C(=O)O)CC2)cc1. The lowest BCUT2D eigenvalue weighted by Crippen LogP contribution is -2.36. The van der Waals surface area contributed by atoms with Crippen molar-refractivity contribution in [3.8, 4) is 0 Å². The summed E-state index contributed by atoms with van der Waals surface area (Å²) in [7, 11) is -3.16. The van der Waals surface area contributed by atoms with E-state index < -0.39 is 15.8 Å². The van der Waals surface area contributed by atoms with Crippen LogP contribution in [0, 0.1) is 5.92 Å². The van der Waals surface area contributed by atoms with Crippen molar-refractivity contribution in [3.63, 3.8) is 0 Å². The zero-order valence-corrected chi connectivity index (χ0v) is 12.3. The number of benzene rings is 1. The van der Waals surface area contributed by atoms with Gasteiger partial charge in [0.15, 0.2) is 9.84 Å². The molecule has 110 valence electrons.